The van der Waals surface area contributed by atoms with Gasteiger partial charge in [-0.2, -0.15) is 0 Å². The first-order valence-electron chi connectivity index (χ1n) is 2.45. The van der Waals surface area contributed by atoms with Crippen LogP contribution < -0.4 is 34.0 Å². The second-order valence-corrected chi connectivity index (χ2v) is 1.38. The molecule has 0 N–H and O–H groups in total. The number of hydrogen-bond donors (Lipinski definition) is 0. The maximum Gasteiger partial charge on any atom is 2.00 e. The Morgan fingerprint density at radius 1 is 1.30 bits per heavy atom. The van der Waals surface area contributed by atoms with Crippen molar-refractivity contribution in [2.24, 2.45) is 0 Å². The van der Waals surface area contributed by atoms with Crippen LogP contribution in [-0.2, 0) is 17.1 Å². The molecule has 0 aromatic carbocycles. The number of allylic oxidation sites excluding steroid dienone is 1. The molecule has 0 aromatic rings. The molecule has 0 heterocycles. The number of halogens is 2. The topological polar surface area (TPSA) is 0 Å². The molecular formula is C6H11Br2CuMg. The predicted octanol–water partition coefficient (Wildman–Crippen LogP) is -4.21. The summed E-state index contributed by atoms with van der Waals surface area (Å²) in [5, 5.41) is 0. The summed E-state index contributed by atoms with van der Waals surface area (Å²) in [6.07, 6.45) is 5.25. The average Bonchev–Trinajstić information content (AvgIpc) is 1.61. The Bertz CT molecular complexity index is 44.7. The van der Waals surface area contributed by atoms with Gasteiger partial charge in [0.15, 0.2) is 0 Å². The fourth-order valence-electron chi connectivity index (χ4n) is 0.322. The van der Waals surface area contributed by atoms with Gasteiger partial charge in [0, 0.05) is 0 Å². The molecule has 0 saturated carbocycles. The van der Waals surface area contributed by atoms with Crippen LogP contribution in [0.25, 0.3) is 0 Å². The number of unbranched alkanes of at least 4 members (excludes halogenated alkanes) is 2. The van der Waals surface area contributed by atoms with Crippen molar-refractivity contribution < 1.29 is 51.0 Å². The van der Waals surface area contributed by atoms with E-state index in [0.29, 0.717) is 0 Å². The van der Waals surface area contributed by atoms with Crippen molar-refractivity contribution in [1.82, 2.24) is 0 Å². The summed E-state index contributed by atoms with van der Waals surface area (Å²) in [5.41, 5.74) is 0. The SMILES string of the molecule is [Br-].[Br-].[CH-]=CCCCC.[Cu+].[Mg+2]. The monoisotopic (exact) mass is 328 g/mol. The van der Waals surface area contributed by atoms with E-state index in [2.05, 4.69) is 6.92 Å². The average molecular weight is 331 g/mol. The van der Waals surface area contributed by atoms with E-state index in [9.17, 15) is 0 Å². The van der Waals surface area contributed by atoms with Crippen molar-refractivity contribution in [3.63, 3.8) is 0 Å². The Morgan fingerprint density at radius 3 is 1.80 bits per heavy atom. The van der Waals surface area contributed by atoms with Crippen molar-refractivity contribution >= 4 is 23.1 Å². The van der Waals surface area contributed by atoms with Gasteiger partial charge >= 0.3 is 40.1 Å². The third-order valence-corrected chi connectivity index (χ3v) is 0.724. The van der Waals surface area contributed by atoms with Gasteiger partial charge in [0.05, 0.1) is 0 Å². The molecule has 0 unspecified atom stereocenters. The zero-order valence-corrected chi connectivity index (χ0v) is 11.6. The molecule has 0 nitrogen and oxygen atoms in total. The molecule has 10 heavy (non-hydrogen) atoms. The zero-order chi connectivity index (χ0) is 4.83. The minimum atomic E-state index is 0. The quantitative estimate of drug-likeness (QED) is 0.280. The van der Waals surface area contributed by atoms with E-state index in [1.54, 1.807) is 6.08 Å². The van der Waals surface area contributed by atoms with Crippen LogP contribution in [-0.4, -0.2) is 23.1 Å². The third kappa shape index (κ3) is 32.4. The van der Waals surface area contributed by atoms with Crippen LogP contribution in [0, 0.1) is 6.58 Å². The number of rotatable bonds is 3. The Morgan fingerprint density at radius 2 is 1.70 bits per heavy atom. The largest absolute Gasteiger partial charge is 2.00 e. The summed E-state index contributed by atoms with van der Waals surface area (Å²) in [6, 6.07) is 0. The molecule has 4 heteroatoms. The van der Waals surface area contributed by atoms with Gasteiger partial charge in [-0.3, -0.25) is 6.08 Å². The fraction of sp³-hybridized carbons (Fsp3) is 0.667. The van der Waals surface area contributed by atoms with Crippen molar-refractivity contribution in [2.45, 2.75) is 26.2 Å². The van der Waals surface area contributed by atoms with E-state index in [1.807, 2.05) is 0 Å². The normalized spacial score (nSPS) is 4.90. The molecule has 0 radical (unpaired) electrons. The summed E-state index contributed by atoms with van der Waals surface area (Å²) < 4.78 is 0. The van der Waals surface area contributed by atoms with E-state index < -0.39 is 0 Å². The predicted molar refractivity (Wildman–Crippen MR) is 34.1 cm³/mol. The van der Waals surface area contributed by atoms with Gasteiger partial charge in [0.2, 0.25) is 0 Å². The second kappa shape index (κ2) is 30.6. The van der Waals surface area contributed by atoms with Crippen LogP contribution in [0.2, 0.25) is 0 Å². The third-order valence-electron chi connectivity index (χ3n) is 0.724. The molecule has 0 aliphatic rings. The van der Waals surface area contributed by atoms with Crippen LogP contribution in [0.3, 0.4) is 0 Å². The minimum absolute atomic E-state index is 0. The van der Waals surface area contributed by atoms with Crippen molar-refractivity contribution in [2.75, 3.05) is 0 Å². The van der Waals surface area contributed by atoms with Crippen LogP contribution >= 0.6 is 0 Å². The van der Waals surface area contributed by atoms with Gasteiger partial charge in [0.25, 0.3) is 0 Å². The van der Waals surface area contributed by atoms with E-state index >= 15 is 0 Å². The van der Waals surface area contributed by atoms with E-state index in [1.165, 1.54) is 12.8 Å². The second-order valence-electron chi connectivity index (χ2n) is 1.38. The molecule has 0 fully saturated rings. The summed E-state index contributed by atoms with van der Waals surface area (Å²) in [7, 11) is 0. The molecule has 0 saturated heterocycles. The summed E-state index contributed by atoms with van der Waals surface area (Å²) in [5.74, 6) is 0. The maximum atomic E-state index is 5.09. The zero-order valence-electron chi connectivity index (χ0n) is 6.04. The van der Waals surface area contributed by atoms with Crippen LogP contribution in [0.15, 0.2) is 6.08 Å². The first-order valence-corrected chi connectivity index (χ1v) is 2.45. The fourth-order valence-corrected chi connectivity index (χ4v) is 0.322. The summed E-state index contributed by atoms with van der Waals surface area (Å²) in [4.78, 5) is 0. The van der Waals surface area contributed by atoms with E-state index in [4.69, 9.17) is 6.58 Å². The first kappa shape index (κ1) is 29.6. The van der Waals surface area contributed by atoms with Crippen molar-refractivity contribution in [1.29, 1.82) is 0 Å². The molecule has 0 bridgehead atoms. The first-order chi connectivity index (χ1) is 2.91. The molecule has 0 rings (SSSR count). The summed E-state index contributed by atoms with van der Waals surface area (Å²) >= 11 is 0. The molecular weight excluding hydrogens is 320 g/mol. The van der Waals surface area contributed by atoms with Crippen LogP contribution in [0.5, 0.6) is 0 Å². The van der Waals surface area contributed by atoms with E-state index in [-0.39, 0.29) is 74.1 Å². The smallest absolute Gasteiger partial charge is 1.00 e. The summed E-state index contributed by atoms with van der Waals surface area (Å²) in [6.45, 7) is 7.25. The van der Waals surface area contributed by atoms with Gasteiger partial charge in [-0.25, -0.2) is 0 Å². The molecule has 0 atom stereocenters. The van der Waals surface area contributed by atoms with Gasteiger partial charge in [0.1, 0.15) is 0 Å². The van der Waals surface area contributed by atoms with Gasteiger partial charge in [-0.05, 0) is 0 Å². The Kier molecular flexibility index (Phi) is 90.6. The maximum absolute atomic E-state index is 5.09. The van der Waals surface area contributed by atoms with Crippen molar-refractivity contribution in [3.05, 3.63) is 12.7 Å². The molecule has 62 valence electrons. The molecule has 0 aliphatic heterocycles. The molecule has 0 aromatic heterocycles. The molecule has 0 spiro atoms. The Labute approximate surface area is 112 Å². The Hall–Kier alpha value is 1.99. The van der Waals surface area contributed by atoms with Crippen molar-refractivity contribution in [3.8, 4) is 0 Å². The molecule has 0 aliphatic carbocycles. The molecule has 0 amide bonds. The van der Waals surface area contributed by atoms with E-state index in [0.717, 1.165) is 6.42 Å². The van der Waals surface area contributed by atoms with Gasteiger partial charge in [-0.15, -0.1) is 0 Å². The number of hydrogen-bond acceptors (Lipinski definition) is 0. The van der Waals surface area contributed by atoms with Gasteiger partial charge in [-0.1, -0.05) is 26.2 Å². The van der Waals surface area contributed by atoms with Crippen LogP contribution in [0.1, 0.15) is 26.2 Å². The Balaban J connectivity index is -0.0000000208. The standard InChI is InChI=1S/C6H11.2BrH.Cu.Mg/c1-3-5-6-4-2;;;;/h1,3H,4-6H2,2H3;2*1H;;/q-1;;;+1;+2/p-2. The minimum Gasteiger partial charge on any atom is -1.00 e. The van der Waals surface area contributed by atoms with Gasteiger partial charge < -0.3 is 40.5 Å². The van der Waals surface area contributed by atoms with Crippen LogP contribution in [0.4, 0.5) is 0 Å².